The third-order valence-corrected chi connectivity index (χ3v) is 4.22. The molecular weight excluding hydrogens is 286 g/mol. The zero-order valence-electron chi connectivity index (χ0n) is 13.8. The van der Waals surface area contributed by atoms with Gasteiger partial charge in [-0.05, 0) is 12.3 Å². The van der Waals surface area contributed by atoms with Crippen molar-refractivity contribution in [1.82, 2.24) is 15.5 Å². The average molecular weight is 309 g/mol. The molecule has 0 bridgehead atoms. The fraction of sp³-hybridized carbons (Fsp3) is 0.733. The van der Waals surface area contributed by atoms with E-state index < -0.39 is 29.3 Å². The highest BCUT2D eigenvalue weighted by atomic mass is 16.5. The van der Waals surface area contributed by atoms with Gasteiger partial charge in [-0.2, -0.15) is 4.98 Å². The highest BCUT2D eigenvalue weighted by Gasteiger charge is 2.66. The van der Waals surface area contributed by atoms with Crippen LogP contribution in [-0.2, 0) is 15.0 Å². The number of hydrogen-bond donors (Lipinski definition) is 2. The summed E-state index contributed by atoms with van der Waals surface area (Å²) in [6.45, 7) is 11.2. The van der Waals surface area contributed by atoms with E-state index in [0.717, 1.165) is 0 Å². The predicted molar refractivity (Wildman–Crippen MR) is 78.0 cm³/mol. The first-order chi connectivity index (χ1) is 9.96. The van der Waals surface area contributed by atoms with E-state index >= 15 is 0 Å². The molecule has 1 aromatic rings. The molecule has 122 valence electrons. The molecule has 1 saturated carbocycles. The van der Waals surface area contributed by atoms with E-state index in [1.54, 1.807) is 20.8 Å². The van der Waals surface area contributed by atoms with Crippen molar-refractivity contribution >= 4 is 11.9 Å². The second-order valence-corrected chi connectivity index (χ2v) is 7.55. The van der Waals surface area contributed by atoms with Gasteiger partial charge in [-0.1, -0.05) is 39.8 Å². The molecule has 0 aromatic carbocycles. The summed E-state index contributed by atoms with van der Waals surface area (Å²) < 4.78 is 5.19. The van der Waals surface area contributed by atoms with Crippen LogP contribution in [0.1, 0.15) is 59.3 Å². The number of carboxylic acids is 1. The third-order valence-electron chi connectivity index (χ3n) is 4.22. The van der Waals surface area contributed by atoms with Gasteiger partial charge in [-0.15, -0.1) is 0 Å². The zero-order valence-corrected chi connectivity index (χ0v) is 13.8. The molecule has 0 aliphatic heterocycles. The summed E-state index contributed by atoms with van der Waals surface area (Å²) in [6, 6.07) is -0.457. The van der Waals surface area contributed by atoms with Crippen LogP contribution >= 0.6 is 0 Å². The van der Waals surface area contributed by atoms with Crippen molar-refractivity contribution in [2.45, 2.75) is 53.0 Å². The monoisotopic (exact) mass is 309 g/mol. The van der Waals surface area contributed by atoms with Gasteiger partial charge in [-0.25, -0.2) is 0 Å². The van der Waals surface area contributed by atoms with Gasteiger partial charge in [-0.3, -0.25) is 9.59 Å². The minimum atomic E-state index is -0.939. The maximum atomic E-state index is 12.3. The van der Waals surface area contributed by atoms with Crippen LogP contribution in [0.25, 0.3) is 0 Å². The molecule has 1 aliphatic carbocycles. The molecule has 1 aliphatic rings. The number of hydrogen-bond acceptors (Lipinski definition) is 5. The number of carboxylic acid groups (broad SMARTS) is 1. The van der Waals surface area contributed by atoms with Crippen LogP contribution < -0.4 is 5.32 Å². The Labute approximate surface area is 129 Å². The Morgan fingerprint density at radius 1 is 1.32 bits per heavy atom. The standard InChI is InChI=1S/C15H23N3O4/c1-7(11-17-13(18-22-11)14(2,3)4)16-10(19)8-9(12(20)21)15(8,5)6/h7-9H,1-6H3,(H,16,19)(H,20,21)/t7?,8-,9+/m0/s1. The molecule has 2 N–H and O–H groups in total. The smallest absolute Gasteiger partial charge is 0.307 e. The number of rotatable bonds is 4. The predicted octanol–water partition coefficient (Wildman–Crippen LogP) is 1.90. The molecular formula is C15H23N3O4. The molecule has 22 heavy (non-hydrogen) atoms. The van der Waals surface area contributed by atoms with Crippen LogP contribution in [0.4, 0.5) is 0 Å². The lowest BCUT2D eigenvalue weighted by Gasteiger charge is -2.12. The second-order valence-electron chi connectivity index (χ2n) is 7.55. The zero-order chi connectivity index (χ0) is 16.9. The Bertz CT molecular complexity index is 600. The maximum Gasteiger partial charge on any atom is 0.307 e. The van der Waals surface area contributed by atoms with Crippen LogP contribution in [0, 0.1) is 17.3 Å². The first-order valence-electron chi connectivity index (χ1n) is 7.33. The van der Waals surface area contributed by atoms with Crippen molar-refractivity contribution in [3.05, 3.63) is 11.7 Å². The summed E-state index contributed by atoms with van der Waals surface area (Å²) in [6.07, 6.45) is 0. The molecule has 0 saturated heterocycles. The number of carbonyl (C=O) groups is 2. The third kappa shape index (κ3) is 2.84. The van der Waals surface area contributed by atoms with E-state index in [1.165, 1.54) is 0 Å². The SMILES string of the molecule is CC(NC(=O)[C@@H]1[C@H](C(=O)O)C1(C)C)c1nc(C(C)(C)C)no1. The van der Waals surface area contributed by atoms with Crippen molar-refractivity contribution in [3.8, 4) is 0 Å². The average Bonchev–Trinajstić information content (AvgIpc) is 2.74. The lowest BCUT2D eigenvalue weighted by molar-refractivity contribution is -0.140. The Morgan fingerprint density at radius 2 is 1.91 bits per heavy atom. The number of nitrogens with one attached hydrogen (secondary N) is 1. The van der Waals surface area contributed by atoms with Gasteiger partial charge in [0.15, 0.2) is 5.82 Å². The number of aromatic nitrogens is 2. The molecule has 7 nitrogen and oxygen atoms in total. The normalized spacial score (nSPS) is 24.6. The summed E-state index contributed by atoms with van der Waals surface area (Å²) >= 11 is 0. The molecule has 1 fully saturated rings. The molecule has 0 spiro atoms. The van der Waals surface area contributed by atoms with Gasteiger partial charge < -0.3 is 14.9 Å². The van der Waals surface area contributed by atoms with E-state index in [1.807, 2.05) is 20.8 Å². The number of amides is 1. The van der Waals surface area contributed by atoms with Crippen molar-refractivity contribution in [3.63, 3.8) is 0 Å². The van der Waals surface area contributed by atoms with Crippen LogP contribution in [0.5, 0.6) is 0 Å². The highest BCUT2D eigenvalue weighted by molar-refractivity contribution is 5.91. The number of aliphatic carboxylic acids is 1. The Kier molecular flexibility index (Phi) is 3.79. The van der Waals surface area contributed by atoms with E-state index in [9.17, 15) is 9.59 Å². The molecule has 2 rings (SSSR count). The van der Waals surface area contributed by atoms with E-state index in [0.29, 0.717) is 11.7 Å². The lowest BCUT2D eigenvalue weighted by atomic mass is 9.96. The van der Waals surface area contributed by atoms with Gasteiger partial charge in [0.1, 0.15) is 6.04 Å². The van der Waals surface area contributed by atoms with Crippen molar-refractivity contribution in [1.29, 1.82) is 0 Å². The highest BCUT2D eigenvalue weighted by Crippen LogP contribution is 2.58. The first kappa shape index (κ1) is 16.5. The minimum absolute atomic E-state index is 0.238. The van der Waals surface area contributed by atoms with Crippen LogP contribution in [-0.4, -0.2) is 27.1 Å². The van der Waals surface area contributed by atoms with Crippen LogP contribution in [0.3, 0.4) is 0 Å². The van der Waals surface area contributed by atoms with E-state index in [4.69, 9.17) is 9.63 Å². The quantitative estimate of drug-likeness (QED) is 0.880. The molecule has 0 radical (unpaired) electrons. The summed E-state index contributed by atoms with van der Waals surface area (Å²) in [5.41, 5.74) is -0.764. The second kappa shape index (κ2) is 5.07. The molecule has 7 heteroatoms. The van der Waals surface area contributed by atoms with Crippen LogP contribution in [0.2, 0.25) is 0 Å². The van der Waals surface area contributed by atoms with Gasteiger partial charge in [0.05, 0.1) is 11.8 Å². The molecule has 1 heterocycles. The number of carbonyl (C=O) groups excluding carboxylic acids is 1. The summed E-state index contributed by atoms with van der Waals surface area (Å²) in [7, 11) is 0. The first-order valence-corrected chi connectivity index (χ1v) is 7.33. The Hall–Kier alpha value is -1.92. The molecule has 1 unspecified atom stereocenters. The molecule has 1 aromatic heterocycles. The topological polar surface area (TPSA) is 105 Å². The Morgan fingerprint density at radius 3 is 2.32 bits per heavy atom. The maximum absolute atomic E-state index is 12.3. The summed E-state index contributed by atoms with van der Waals surface area (Å²) in [5.74, 6) is -1.52. The van der Waals surface area contributed by atoms with Gasteiger partial charge in [0, 0.05) is 5.41 Å². The van der Waals surface area contributed by atoms with Crippen molar-refractivity contribution in [2.24, 2.45) is 17.3 Å². The number of nitrogens with zero attached hydrogens (tertiary/aromatic N) is 2. The lowest BCUT2D eigenvalue weighted by Crippen LogP contribution is -2.30. The van der Waals surface area contributed by atoms with Crippen molar-refractivity contribution in [2.75, 3.05) is 0 Å². The van der Waals surface area contributed by atoms with E-state index in [-0.39, 0.29) is 11.3 Å². The van der Waals surface area contributed by atoms with Gasteiger partial charge in [0.2, 0.25) is 11.8 Å². The largest absolute Gasteiger partial charge is 0.481 e. The fourth-order valence-electron chi connectivity index (χ4n) is 2.67. The molecule has 3 atom stereocenters. The van der Waals surface area contributed by atoms with Gasteiger partial charge in [0.25, 0.3) is 0 Å². The molecule has 1 amide bonds. The van der Waals surface area contributed by atoms with Crippen molar-refractivity contribution < 1.29 is 19.2 Å². The Balaban J connectivity index is 2.04. The van der Waals surface area contributed by atoms with Crippen LogP contribution in [0.15, 0.2) is 4.52 Å². The fourth-order valence-corrected chi connectivity index (χ4v) is 2.67. The summed E-state index contributed by atoms with van der Waals surface area (Å²) in [4.78, 5) is 27.7. The van der Waals surface area contributed by atoms with Gasteiger partial charge >= 0.3 is 5.97 Å². The summed E-state index contributed by atoms with van der Waals surface area (Å²) in [5, 5.41) is 15.8. The van der Waals surface area contributed by atoms with E-state index in [2.05, 4.69) is 15.5 Å². The minimum Gasteiger partial charge on any atom is -0.481 e.